The molecule has 0 aromatic rings. The molecule has 0 spiro atoms. The van der Waals surface area contributed by atoms with Crippen molar-refractivity contribution >= 4 is 5.91 Å². The number of carbonyl (C=O) groups is 1. The Labute approximate surface area is 346 Å². The Kier molecular flexibility index (Phi) is 47.2. The largest absolute Gasteiger partial charge is 0.394 e. The number of aliphatic hydroxyl groups excluding tert-OH is 2. The van der Waals surface area contributed by atoms with Crippen LogP contribution in [0.25, 0.3) is 0 Å². The maximum Gasteiger partial charge on any atom is 0.220 e. The Morgan fingerprint density at radius 1 is 0.364 bits per heavy atom. The van der Waals surface area contributed by atoms with Gasteiger partial charge < -0.3 is 15.5 Å². The smallest absolute Gasteiger partial charge is 0.220 e. The van der Waals surface area contributed by atoms with Crippen molar-refractivity contribution in [1.29, 1.82) is 0 Å². The zero-order valence-electron chi connectivity index (χ0n) is 38.0. The molecule has 2 atom stereocenters. The summed E-state index contributed by atoms with van der Waals surface area (Å²) in [5, 5.41) is 23.2. The van der Waals surface area contributed by atoms with E-state index in [1.165, 1.54) is 250 Å². The number of hydrogen-bond acceptors (Lipinski definition) is 3. The molecule has 0 aromatic heterocycles. The summed E-state index contributed by atoms with van der Waals surface area (Å²) in [7, 11) is 0. The van der Waals surface area contributed by atoms with Gasteiger partial charge in [0.25, 0.3) is 0 Å². The highest BCUT2D eigenvalue weighted by atomic mass is 16.3. The highest BCUT2D eigenvalue weighted by molar-refractivity contribution is 5.76. The fraction of sp³-hybridized carbons (Fsp3) is 0.980. The Morgan fingerprint density at radius 2 is 0.582 bits per heavy atom. The van der Waals surface area contributed by atoms with Gasteiger partial charge in [-0.2, -0.15) is 0 Å². The molecule has 0 bridgehead atoms. The maximum absolute atomic E-state index is 12.4. The standard InChI is InChI=1S/C51H103NO3/c1-3-5-7-9-11-13-15-17-19-20-21-22-23-24-25-26-27-28-29-30-31-32-33-35-37-39-41-43-45-47-51(55)52-49(48-53)50(54)46-44-42-40-38-36-34-18-16-14-12-10-8-6-4-2/h49-50,53-54H,3-48H2,1-2H3,(H,52,55)/t49-,50+/m0/s1. The van der Waals surface area contributed by atoms with E-state index in [1.807, 2.05) is 0 Å². The molecular formula is C51H103NO3. The molecule has 3 N–H and O–H groups in total. The van der Waals surface area contributed by atoms with Crippen LogP contribution in [0.4, 0.5) is 0 Å². The fourth-order valence-corrected chi connectivity index (χ4v) is 8.42. The third-order valence-corrected chi connectivity index (χ3v) is 12.4. The van der Waals surface area contributed by atoms with Gasteiger partial charge in [0.2, 0.25) is 5.91 Å². The minimum Gasteiger partial charge on any atom is -0.394 e. The van der Waals surface area contributed by atoms with Crippen molar-refractivity contribution < 1.29 is 15.0 Å². The molecule has 4 nitrogen and oxygen atoms in total. The van der Waals surface area contributed by atoms with Crippen molar-refractivity contribution in [3.05, 3.63) is 0 Å². The first-order chi connectivity index (χ1) is 27.2. The molecule has 0 radical (unpaired) electrons. The van der Waals surface area contributed by atoms with Crippen molar-refractivity contribution in [2.75, 3.05) is 6.61 Å². The number of amides is 1. The van der Waals surface area contributed by atoms with Crippen molar-refractivity contribution in [2.24, 2.45) is 0 Å². The number of rotatable bonds is 48. The first kappa shape index (κ1) is 54.4. The van der Waals surface area contributed by atoms with E-state index in [0.29, 0.717) is 12.8 Å². The molecule has 0 aliphatic heterocycles. The molecule has 55 heavy (non-hydrogen) atoms. The van der Waals surface area contributed by atoms with Crippen LogP contribution in [0.1, 0.15) is 303 Å². The second-order valence-corrected chi connectivity index (χ2v) is 18.0. The molecule has 0 unspecified atom stereocenters. The summed E-state index contributed by atoms with van der Waals surface area (Å²) in [6.07, 6.45) is 59.3. The minimum absolute atomic E-state index is 0.0240. The normalized spacial score (nSPS) is 12.7. The Balaban J connectivity index is 3.38. The van der Waals surface area contributed by atoms with Crippen molar-refractivity contribution in [2.45, 2.75) is 315 Å². The lowest BCUT2D eigenvalue weighted by molar-refractivity contribution is -0.123. The van der Waals surface area contributed by atoms with Gasteiger partial charge >= 0.3 is 0 Å². The summed E-state index contributed by atoms with van der Waals surface area (Å²) in [5.41, 5.74) is 0. The van der Waals surface area contributed by atoms with Crippen molar-refractivity contribution in [3.8, 4) is 0 Å². The Morgan fingerprint density at radius 3 is 0.818 bits per heavy atom. The summed E-state index contributed by atoms with van der Waals surface area (Å²) in [5.74, 6) is -0.0240. The van der Waals surface area contributed by atoms with Gasteiger partial charge in [0.15, 0.2) is 0 Å². The van der Waals surface area contributed by atoms with E-state index in [2.05, 4.69) is 19.2 Å². The Bertz CT molecular complexity index is 714. The quantitative estimate of drug-likeness (QED) is 0.0539. The highest BCUT2D eigenvalue weighted by Crippen LogP contribution is 2.18. The minimum atomic E-state index is -0.653. The zero-order chi connectivity index (χ0) is 40.0. The molecule has 0 aromatic carbocycles. The van der Waals surface area contributed by atoms with Crippen LogP contribution in [0.5, 0.6) is 0 Å². The van der Waals surface area contributed by atoms with Crippen molar-refractivity contribution in [1.82, 2.24) is 5.32 Å². The van der Waals surface area contributed by atoms with E-state index in [-0.39, 0.29) is 12.5 Å². The Hall–Kier alpha value is -0.610. The molecular weight excluding hydrogens is 675 g/mol. The maximum atomic E-state index is 12.4. The highest BCUT2D eigenvalue weighted by Gasteiger charge is 2.20. The fourth-order valence-electron chi connectivity index (χ4n) is 8.42. The average molecular weight is 778 g/mol. The first-order valence-corrected chi connectivity index (χ1v) is 25.7. The van der Waals surface area contributed by atoms with Gasteiger partial charge in [-0.25, -0.2) is 0 Å². The predicted octanol–water partition coefficient (Wildman–Crippen LogP) is 16.4. The molecule has 0 rings (SSSR count). The van der Waals surface area contributed by atoms with Crippen LogP contribution in [-0.2, 0) is 4.79 Å². The molecule has 330 valence electrons. The number of unbranched alkanes of at least 4 members (excludes halogenated alkanes) is 41. The third-order valence-electron chi connectivity index (χ3n) is 12.4. The SMILES string of the molecule is CCCCCCCCCCCCCCCCCCCCCCCCCCCCCCCC(=O)N[C@@H](CO)[C@H](O)CCCCCCCCCCCCCCCC. The van der Waals surface area contributed by atoms with Gasteiger partial charge in [-0.15, -0.1) is 0 Å². The third kappa shape index (κ3) is 44.3. The van der Waals surface area contributed by atoms with Gasteiger partial charge in [-0.05, 0) is 12.8 Å². The van der Waals surface area contributed by atoms with Gasteiger partial charge in [-0.1, -0.05) is 284 Å². The van der Waals surface area contributed by atoms with E-state index in [0.717, 1.165) is 25.7 Å². The van der Waals surface area contributed by atoms with Crippen molar-refractivity contribution in [3.63, 3.8) is 0 Å². The van der Waals surface area contributed by atoms with E-state index in [4.69, 9.17) is 0 Å². The van der Waals surface area contributed by atoms with Crippen LogP contribution >= 0.6 is 0 Å². The van der Waals surface area contributed by atoms with E-state index >= 15 is 0 Å². The second kappa shape index (κ2) is 47.8. The number of carbonyl (C=O) groups excluding carboxylic acids is 1. The summed E-state index contributed by atoms with van der Waals surface area (Å²) >= 11 is 0. The lowest BCUT2D eigenvalue weighted by Gasteiger charge is -2.22. The first-order valence-electron chi connectivity index (χ1n) is 25.7. The van der Waals surface area contributed by atoms with Crippen LogP contribution in [0.15, 0.2) is 0 Å². The van der Waals surface area contributed by atoms with E-state index < -0.39 is 12.1 Å². The molecule has 0 aliphatic rings. The number of aliphatic hydroxyl groups is 2. The number of hydrogen-bond donors (Lipinski definition) is 3. The van der Waals surface area contributed by atoms with Crippen LogP contribution in [0, 0.1) is 0 Å². The summed E-state index contributed by atoms with van der Waals surface area (Å²) < 4.78 is 0. The van der Waals surface area contributed by atoms with E-state index in [9.17, 15) is 15.0 Å². The molecule has 1 amide bonds. The molecule has 0 saturated heterocycles. The average Bonchev–Trinajstić information content (AvgIpc) is 3.19. The second-order valence-electron chi connectivity index (χ2n) is 18.0. The molecule has 0 fully saturated rings. The van der Waals surface area contributed by atoms with Gasteiger partial charge in [-0.3, -0.25) is 4.79 Å². The predicted molar refractivity (Wildman–Crippen MR) is 244 cm³/mol. The van der Waals surface area contributed by atoms with Crippen LogP contribution in [0.3, 0.4) is 0 Å². The van der Waals surface area contributed by atoms with Gasteiger partial charge in [0, 0.05) is 6.42 Å². The zero-order valence-corrected chi connectivity index (χ0v) is 38.0. The van der Waals surface area contributed by atoms with Gasteiger partial charge in [0.1, 0.15) is 0 Å². The molecule has 0 saturated carbocycles. The van der Waals surface area contributed by atoms with Crippen LogP contribution in [0.2, 0.25) is 0 Å². The summed E-state index contributed by atoms with van der Waals surface area (Å²) in [4.78, 5) is 12.4. The molecule has 4 heteroatoms. The van der Waals surface area contributed by atoms with Crippen LogP contribution in [-0.4, -0.2) is 34.9 Å². The van der Waals surface area contributed by atoms with E-state index in [1.54, 1.807) is 0 Å². The number of nitrogens with one attached hydrogen (secondary N) is 1. The summed E-state index contributed by atoms with van der Waals surface area (Å²) in [6, 6.07) is -0.530. The van der Waals surface area contributed by atoms with Crippen LogP contribution < -0.4 is 5.32 Å². The monoisotopic (exact) mass is 778 g/mol. The van der Waals surface area contributed by atoms with Gasteiger partial charge in [0.05, 0.1) is 18.8 Å². The summed E-state index contributed by atoms with van der Waals surface area (Å²) in [6.45, 7) is 4.39. The lowest BCUT2D eigenvalue weighted by atomic mass is 10.0. The molecule has 0 heterocycles. The molecule has 0 aliphatic carbocycles. The lowest BCUT2D eigenvalue weighted by Crippen LogP contribution is -2.45. The topological polar surface area (TPSA) is 69.6 Å².